The van der Waals surface area contributed by atoms with Crippen LogP contribution in [-0.2, 0) is 20.7 Å². The number of methoxy groups -OCH3 is 1. The molecule has 0 unspecified atom stereocenters. The molecule has 0 aliphatic rings. The summed E-state index contributed by atoms with van der Waals surface area (Å²) in [4.78, 5) is 37.7. The van der Waals surface area contributed by atoms with Crippen molar-refractivity contribution in [3.8, 4) is 11.1 Å². The van der Waals surface area contributed by atoms with Crippen molar-refractivity contribution in [2.24, 2.45) is 17.8 Å². The van der Waals surface area contributed by atoms with E-state index in [1.807, 2.05) is 25.1 Å². The summed E-state index contributed by atoms with van der Waals surface area (Å²) in [5.41, 5.74) is 4.68. The van der Waals surface area contributed by atoms with Crippen LogP contribution in [0.1, 0.15) is 62.4 Å². The van der Waals surface area contributed by atoms with Gasteiger partial charge in [0.15, 0.2) is 0 Å². The molecule has 0 heterocycles. The van der Waals surface area contributed by atoms with E-state index in [-0.39, 0.29) is 29.9 Å². The second-order valence-corrected chi connectivity index (χ2v) is 10.4. The van der Waals surface area contributed by atoms with Crippen LogP contribution in [0.4, 0.5) is 5.69 Å². The Morgan fingerprint density at radius 2 is 1.45 bits per heavy atom. The smallest absolute Gasteiger partial charge is 0.337 e. The van der Waals surface area contributed by atoms with Gasteiger partial charge >= 0.3 is 5.97 Å². The number of carbonyl (C=O) groups excluding carboxylic acids is 3. The monoisotopic (exact) mass is 513 g/mol. The Labute approximate surface area is 226 Å². The van der Waals surface area contributed by atoms with Crippen LogP contribution in [0, 0.1) is 17.8 Å². The summed E-state index contributed by atoms with van der Waals surface area (Å²) < 4.78 is 4.72. The van der Waals surface area contributed by atoms with Crippen LogP contribution in [0.5, 0.6) is 0 Å². The molecule has 1 N–H and O–H groups in total. The predicted molar refractivity (Wildman–Crippen MR) is 153 cm³/mol. The first-order valence-corrected chi connectivity index (χ1v) is 13.4. The maximum absolute atomic E-state index is 13.1. The molecule has 0 saturated carbocycles. The summed E-state index contributed by atoms with van der Waals surface area (Å²) in [6.45, 7) is 6.08. The normalized spacial score (nSPS) is 12.6. The zero-order chi connectivity index (χ0) is 27.5. The van der Waals surface area contributed by atoms with Gasteiger partial charge in [0, 0.05) is 23.9 Å². The molecule has 0 aromatic heterocycles. The molecule has 2 atom stereocenters. The summed E-state index contributed by atoms with van der Waals surface area (Å²) in [6.07, 6.45) is 3.51. The number of benzene rings is 3. The Hall–Kier alpha value is -3.73. The summed E-state index contributed by atoms with van der Waals surface area (Å²) >= 11 is 0. The Balaban J connectivity index is 1.50. The highest BCUT2D eigenvalue weighted by atomic mass is 16.5. The minimum atomic E-state index is -0.427. The van der Waals surface area contributed by atoms with E-state index in [9.17, 15) is 14.4 Å². The molecule has 0 bridgehead atoms. The van der Waals surface area contributed by atoms with E-state index in [1.165, 1.54) is 23.8 Å². The fourth-order valence-corrected chi connectivity index (χ4v) is 4.62. The minimum Gasteiger partial charge on any atom is -0.465 e. The second-order valence-electron chi connectivity index (χ2n) is 10.4. The van der Waals surface area contributed by atoms with Gasteiger partial charge in [0.05, 0.1) is 12.7 Å². The third-order valence-electron chi connectivity index (χ3n) is 6.86. The number of esters is 1. The number of hydrogen-bond acceptors (Lipinski definition) is 4. The fraction of sp³-hybridized carbons (Fsp3) is 0.364. The average Bonchev–Trinajstić information content (AvgIpc) is 2.93. The van der Waals surface area contributed by atoms with Crippen molar-refractivity contribution in [3.63, 3.8) is 0 Å². The van der Waals surface area contributed by atoms with Gasteiger partial charge in [-0.2, -0.15) is 0 Å². The van der Waals surface area contributed by atoms with Crippen LogP contribution in [0.3, 0.4) is 0 Å². The van der Waals surface area contributed by atoms with Crippen LogP contribution >= 0.6 is 0 Å². The van der Waals surface area contributed by atoms with Crippen molar-refractivity contribution >= 4 is 23.3 Å². The molecule has 3 aromatic carbocycles. The number of aryl methyl sites for hydroxylation is 1. The molecule has 3 rings (SSSR count). The standard InChI is InChI=1S/C33H39NO4/c1-23(2)21-29(32(36)34-30-19-17-28(18-20-30)33(37)38-4)22-31(35)24(3)9-8-10-25-13-15-27(16-14-25)26-11-6-5-7-12-26/h5-7,11-20,23-24,29H,8-10,21-22H2,1-4H3,(H,34,36)/t24-,29+/m0/s1. The topological polar surface area (TPSA) is 72.5 Å². The van der Waals surface area contributed by atoms with Crippen LogP contribution in [0.25, 0.3) is 11.1 Å². The largest absolute Gasteiger partial charge is 0.465 e. The van der Waals surface area contributed by atoms with Gasteiger partial charge in [-0.25, -0.2) is 4.79 Å². The zero-order valence-corrected chi connectivity index (χ0v) is 22.9. The van der Waals surface area contributed by atoms with Gasteiger partial charge in [0.25, 0.3) is 0 Å². The Morgan fingerprint density at radius 1 is 0.816 bits per heavy atom. The van der Waals surface area contributed by atoms with Crippen molar-refractivity contribution in [1.82, 2.24) is 0 Å². The number of ether oxygens (including phenoxy) is 1. The number of Topliss-reactive ketones (excluding diaryl/α,β-unsaturated/α-hetero) is 1. The number of amides is 1. The third kappa shape index (κ3) is 8.69. The molecule has 0 radical (unpaired) electrons. The summed E-state index contributed by atoms with van der Waals surface area (Å²) in [7, 11) is 1.33. The van der Waals surface area contributed by atoms with E-state index in [4.69, 9.17) is 4.74 Å². The number of anilines is 1. The Kier molecular flexibility index (Phi) is 10.8. The van der Waals surface area contributed by atoms with E-state index in [1.54, 1.807) is 24.3 Å². The lowest BCUT2D eigenvalue weighted by molar-refractivity contribution is -0.128. The van der Waals surface area contributed by atoms with Crippen molar-refractivity contribution in [2.45, 2.75) is 52.9 Å². The first-order valence-electron chi connectivity index (χ1n) is 13.4. The molecule has 0 aliphatic heterocycles. The number of nitrogens with one attached hydrogen (secondary N) is 1. The van der Waals surface area contributed by atoms with Gasteiger partial charge < -0.3 is 10.1 Å². The van der Waals surface area contributed by atoms with Crippen molar-refractivity contribution in [2.75, 3.05) is 12.4 Å². The highest BCUT2D eigenvalue weighted by Crippen LogP contribution is 2.24. The third-order valence-corrected chi connectivity index (χ3v) is 6.86. The van der Waals surface area contributed by atoms with E-state index >= 15 is 0 Å². The molecule has 200 valence electrons. The molecule has 5 heteroatoms. The first kappa shape index (κ1) is 28.8. The number of rotatable bonds is 13. The van der Waals surface area contributed by atoms with Crippen LogP contribution < -0.4 is 5.32 Å². The highest BCUT2D eigenvalue weighted by Gasteiger charge is 2.25. The lowest BCUT2D eigenvalue weighted by Crippen LogP contribution is -2.28. The van der Waals surface area contributed by atoms with Crippen molar-refractivity contribution < 1.29 is 19.1 Å². The first-order chi connectivity index (χ1) is 18.3. The molecule has 38 heavy (non-hydrogen) atoms. The fourth-order valence-electron chi connectivity index (χ4n) is 4.62. The zero-order valence-electron chi connectivity index (χ0n) is 22.9. The number of ketones is 1. The molecule has 0 fully saturated rings. The molecular weight excluding hydrogens is 474 g/mol. The highest BCUT2D eigenvalue weighted by molar-refractivity contribution is 5.96. The minimum absolute atomic E-state index is 0.0969. The SMILES string of the molecule is COC(=O)c1ccc(NC(=O)[C@@H](CC(=O)[C@@H](C)CCCc2ccc(-c3ccccc3)cc2)CC(C)C)cc1. The van der Waals surface area contributed by atoms with E-state index in [2.05, 4.69) is 55.6 Å². The van der Waals surface area contributed by atoms with Gasteiger partial charge in [-0.3, -0.25) is 9.59 Å². The quantitative estimate of drug-likeness (QED) is 0.242. The maximum atomic E-state index is 13.1. The molecule has 1 amide bonds. The molecule has 5 nitrogen and oxygen atoms in total. The molecule has 0 aliphatic carbocycles. The molecule has 3 aromatic rings. The van der Waals surface area contributed by atoms with Gasteiger partial charge in [-0.15, -0.1) is 0 Å². The predicted octanol–water partition coefficient (Wildman–Crippen LogP) is 7.36. The second kappa shape index (κ2) is 14.3. The molecule has 0 saturated heterocycles. The van der Waals surface area contributed by atoms with Gasteiger partial charge in [0.1, 0.15) is 5.78 Å². The molecular formula is C33H39NO4. The van der Waals surface area contributed by atoms with E-state index < -0.39 is 11.9 Å². The number of carbonyl (C=O) groups is 3. The van der Waals surface area contributed by atoms with Crippen LogP contribution in [0.15, 0.2) is 78.9 Å². The maximum Gasteiger partial charge on any atom is 0.337 e. The summed E-state index contributed by atoms with van der Waals surface area (Å²) in [5.74, 6) is -0.662. The van der Waals surface area contributed by atoms with Gasteiger partial charge in [-0.05, 0) is 72.6 Å². The van der Waals surface area contributed by atoms with Gasteiger partial charge in [0.2, 0.25) is 5.91 Å². The Bertz CT molecular complexity index is 1180. The van der Waals surface area contributed by atoms with Crippen LogP contribution in [0.2, 0.25) is 0 Å². The van der Waals surface area contributed by atoms with Gasteiger partial charge in [-0.1, -0.05) is 75.4 Å². The van der Waals surface area contributed by atoms with E-state index in [0.29, 0.717) is 17.7 Å². The Morgan fingerprint density at radius 3 is 2.05 bits per heavy atom. The molecule has 0 spiro atoms. The van der Waals surface area contributed by atoms with Crippen molar-refractivity contribution in [1.29, 1.82) is 0 Å². The lowest BCUT2D eigenvalue weighted by atomic mass is 9.86. The lowest BCUT2D eigenvalue weighted by Gasteiger charge is -2.20. The average molecular weight is 514 g/mol. The van der Waals surface area contributed by atoms with Crippen LogP contribution in [-0.4, -0.2) is 24.8 Å². The van der Waals surface area contributed by atoms with E-state index in [0.717, 1.165) is 19.3 Å². The van der Waals surface area contributed by atoms with Crippen molar-refractivity contribution in [3.05, 3.63) is 90.0 Å². The number of hydrogen-bond donors (Lipinski definition) is 1. The summed E-state index contributed by atoms with van der Waals surface area (Å²) in [5, 5.41) is 2.91. The summed E-state index contributed by atoms with van der Waals surface area (Å²) in [6, 6.07) is 25.5.